The molecule has 0 atom stereocenters. The molecule has 3 heterocycles. The van der Waals surface area contributed by atoms with Gasteiger partial charge in [0, 0.05) is 34.5 Å². The summed E-state index contributed by atoms with van der Waals surface area (Å²) in [6.07, 6.45) is 2.78. The number of benzene rings is 3. The predicted octanol–water partition coefficient (Wildman–Crippen LogP) is 9.87. The molecule has 37 heavy (non-hydrogen) atoms. The van der Waals surface area contributed by atoms with Crippen molar-refractivity contribution in [1.82, 2.24) is 4.98 Å². The van der Waals surface area contributed by atoms with E-state index in [9.17, 15) is 0 Å². The Morgan fingerprint density at radius 1 is 0.784 bits per heavy atom. The first kappa shape index (κ1) is 23.5. The summed E-state index contributed by atoms with van der Waals surface area (Å²) in [5, 5.41) is 4.70. The van der Waals surface area contributed by atoms with Crippen LogP contribution >= 0.6 is 0 Å². The summed E-state index contributed by atoms with van der Waals surface area (Å²) in [5.74, 6) is 2.44. The molecule has 6 aromatic rings. The summed E-state index contributed by atoms with van der Waals surface area (Å²) in [6, 6.07) is 23.6. The van der Waals surface area contributed by atoms with E-state index < -0.39 is 0 Å². The summed E-state index contributed by atoms with van der Waals surface area (Å²) in [5.41, 5.74) is 7.37. The smallest absolute Gasteiger partial charge is 0.138 e. The average molecular weight is 488 g/mol. The molecule has 6 rings (SSSR count). The first-order valence-corrected chi connectivity index (χ1v) is 13.1. The molecule has 0 fully saturated rings. The van der Waals surface area contributed by atoms with Crippen LogP contribution in [0, 0.1) is 12.8 Å². The Morgan fingerprint density at radius 2 is 1.59 bits per heavy atom. The fourth-order valence-electron chi connectivity index (χ4n) is 5.40. The van der Waals surface area contributed by atoms with Gasteiger partial charge in [-0.25, -0.2) is 0 Å². The lowest BCUT2D eigenvalue weighted by Crippen LogP contribution is -2.12. The number of rotatable bonds is 4. The van der Waals surface area contributed by atoms with Crippen LogP contribution in [0.1, 0.15) is 51.5 Å². The molecule has 3 aromatic carbocycles. The third-order valence-corrected chi connectivity index (χ3v) is 7.30. The van der Waals surface area contributed by atoms with E-state index in [2.05, 4.69) is 102 Å². The molecule has 0 saturated heterocycles. The molecule has 0 spiro atoms. The minimum absolute atomic E-state index is 0.00999. The van der Waals surface area contributed by atoms with Crippen molar-refractivity contribution in [3.8, 4) is 22.6 Å². The quantitative estimate of drug-likeness (QED) is 0.248. The van der Waals surface area contributed by atoms with Crippen molar-refractivity contribution in [3.05, 3.63) is 89.8 Å². The second-order valence-electron chi connectivity index (χ2n) is 11.6. The van der Waals surface area contributed by atoms with Gasteiger partial charge in [-0.05, 0) is 70.5 Å². The minimum Gasteiger partial charge on any atom is -0.461 e. The number of aryl methyl sites for hydroxylation is 1. The van der Waals surface area contributed by atoms with Crippen LogP contribution in [0.4, 0.5) is 0 Å². The van der Waals surface area contributed by atoms with E-state index in [0.717, 1.165) is 51.3 Å². The highest BCUT2D eigenvalue weighted by Crippen LogP contribution is 2.39. The van der Waals surface area contributed by atoms with Gasteiger partial charge in [0.05, 0.1) is 5.69 Å². The molecule has 3 nitrogen and oxygen atoms in total. The zero-order valence-electron chi connectivity index (χ0n) is 22.5. The Bertz CT molecular complexity index is 1780. The molecular weight excluding hydrogens is 454 g/mol. The van der Waals surface area contributed by atoms with E-state index in [-0.39, 0.29) is 5.41 Å². The van der Waals surface area contributed by atoms with Gasteiger partial charge in [0.25, 0.3) is 0 Å². The molecule has 0 radical (unpaired) electrons. The molecule has 0 bridgehead atoms. The lowest BCUT2D eigenvalue weighted by molar-refractivity contribution is 0.496. The number of pyridine rings is 1. The highest BCUT2D eigenvalue weighted by Gasteiger charge is 2.20. The molecule has 186 valence electrons. The van der Waals surface area contributed by atoms with Gasteiger partial charge in [0.15, 0.2) is 0 Å². The predicted molar refractivity (Wildman–Crippen MR) is 154 cm³/mol. The van der Waals surface area contributed by atoms with Crippen molar-refractivity contribution in [2.24, 2.45) is 5.92 Å². The maximum absolute atomic E-state index is 6.37. The molecule has 0 aliphatic heterocycles. The molecule has 0 saturated carbocycles. The number of hydrogen-bond acceptors (Lipinski definition) is 3. The lowest BCUT2D eigenvalue weighted by atomic mass is 9.82. The average Bonchev–Trinajstić information content (AvgIpc) is 3.43. The number of nitrogens with zero attached hydrogens (tertiary/aromatic N) is 1. The Kier molecular flexibility index (Phi) is 5.49. The first-order chi connectivity index (χ1) is 17.7. The summed E-state index contributed by atoms with van der Waals surface area (Å²) in [7, 11) is 0. The van der Waals surface area contributed by atoms with E-state index in [1.54, 1.807) is 0 Å². The fourth-order valence-corrected chi connectivity index (χ4v) is 5.40. The topological polar surface area (TPSA) is 39.2 Å². The third-order valence-electron chi connectivity index (χ3n) is 7.30. The van der Waals surface area contributed by atoms with Gasteiger partial charge in [-0.15, -0.1) is 0 Å². The number of hydrogen-bond donors (Lipinski definition) is 0. The summed E-state index contributed by atoms with van der Waals surface area (Å²) < 4.78 is 12.6. The van der Waals surface area contributed by atoms with E-state index >= 15 is 0 Å². The van der Waals surface area contributed by atoms with Crippen molar-refractivity contribution >= 4 is 32.7 Å². The van der Waals surface area contributed by atoms with Gasteiger partial charge >= 0.3 is 0 Å². The van der Waals surface area contributed by atoms with Crippen molar-refractivity contribution < 1.29 is 8.83 Å². The molecular formula is C34H33NO2. The molecule has 3 aromatic heterocycles. The maximum Gasteiger partial charge on any atom is 0.138 e. The summed E-state index contributed by atoms with van der Waals surface area (Å²) >= 11 is 0. The van der Waals surface area contributed by atoms with E-state index in [1.807, 2.05) is 12.3 Å². The van der Waals surface area contributed by atoms with Crippen LogP contribution in [0.3, 0.4) is 0 Å². The number of furan rings is 2. The molecule has 3 heteroatoms. The normalized spacial score (nSPS) is 12.4. The lowest BCUT2D eigenvalue weighted by Gasteiger charge is -2.22. The third kappa shape index (κ3) is 4.13. The first-order valence-electron chi connectivity index (χ1n) is 13.1. The van der Waals surface area contributed by atoms with Gasteiger partial charge in [0.2, 0.25) is 0 Å². The van der Waals surface area contributed by atoms with Gasteiger partial charge in [-0.3, -0.25) is 4.98 Å². The minimum atomic E-state index is 0.00999. The molecule has 0 amide bonds. The van der Waals surface area contributed by atoms with Crippen LogP contribution in [0.5, 0.6) is 0 Å². The summed E-state index contributed by atoms with van der Waals surface area (Å²) in [6.45, 7) is 13.4. The SMILES string of the molecule is Cc1c(CC(C)C)oc2cc(-c3cc4c(-c5cc(C(C)(C)C)c6ccccc6c5)nccc4o3)ccc12. The van der Waals surface area contributed by atoms with Gasteiger partial charge < -0.3 is 8.83 Å². The van der Waals surface area contributed by atoms with Gasteiger partial charge in [-0.2, -0.15) is 0 Å². The molecule has 0 unspecified atom stereocenters. The van der Waals surface area contributed by atoms with Crippen molar-refractivity contribution in [2.75, 3.05) is 0 Å². The second kappa shape index (κ2) is 8.62. The monoisotopic (exact) mass is 487 g/mol. The van der Waals surface area contributed by atoms with Gasteiger partial charge in [-0.1, -0.05) is 71.0 Å². The Labute approximate surface area is 218 Å². The Hall–Kier alpha value is -3.85. The molecule has 0 N–H and O–H groups in total. The van der Waals surface area contributed by atoms with Crippen LogP contribution in [0.2, 0.25) is 0 Å². The van der Waals surface area contributed by atoms with Crippen molar-refractivity contribution in [3.63, 3.8) is 0 Å². The van der Waals surface area contributed by atoms with Crippen LogP contribution in [0.15, 0.2) is 81.8 Å². The van der Waals surface area contributed by atoms with E-state index in [4.69, 9.17) is 13.8 Å². The number of fused-ring (bicyclic) bond motifs is 3. The Morgan fingerprint density at radius 3 is 2.38 bits per heavy atom. The summed E-state index contributed by atoms with van der Waals surface area (Å²) in [4.78, 5) is 4.83. The zero-order valence-corrected chi connectivity index (χ0v) is 22.5. The highest BCUT2D eigenvalue weighted by atomic mass is 16.3. The van der Waals surface area contributed by atoms with E-state index in [0.29, 0.717) is 5.92 Å². The number of aromatic nitrogens is 1. The van der Waals surface area contributed by atoms with Crippen LogP contribution in [0.25, 0.3) is 55.3 Å². The second-order valence-corrected chi connectivity index (χ2v) is 11.6. The standard InChI is InChI=1S/C34H33NO2/c1-20(2)15-30-21(3)25-12-11-23(18-32(25)37-30)31-19-27-29(36-31)13-14-35-33(27)24-16-22-9-7-8-10-26(22)28(17-24)34(4,5)6/h7-14,16-20H,15H2,1-6H3. The zero-order chi connectivity index (χ0) is 25.9. The van der Waals surface area contributed by atoms with Crippen LogP contribution in [-0.2, 0) is 11.8 Å². The van der Waals surface area contributed by atoms with Crippen LogP contribution in [-0.4, -0.2) is 4.98 Å². The Balaban J connectivity index is 1.49. The van der Waals surface area contributed by atoms with Gasteiger partial charge in [0.1, 0.15) is 22.7 Å². The van der Waals surface area contributed by atoms with Crippen molar-refractivity contribution in [2.45, 2.75) is 53.4 Å². The fraction of sp³-hybridized carbons (Fsp3) is 0.265. The molecule has 0 aliphatic rings. The van der Waals surface area contributed by atoms with Crippen LogP contribution < -0.4 is 0 Å². The largest absolute Gasteiger partial charge is 0.461 e. The van der Waals surface area contributed by atoms with E-state index in [1.165, 1.54) is 27.3 Å². The maximum atomic E-state index is 6.37. The molecule has 0 aliphatic carbocycles. The van der Waals surface area contributed by atoms with Crippen molar-refractivity contribution in [1.29, 1.82) is 0 Å². The highest BCUT2D eigenvalue weighted by molar-refractivity contribution is 5.98.